The molecule has 0 N–H and O–H groups in total. The van der Waals surface area contributed by atoms with Gasteiger partial charge in [0.05, 0.1) is 13.4 Å². The molecule has 0 radical (unpaired) electrons. The van der Waals surface area contributed by atoms with Gasteiger partial charge in [0.2, 0.25) is 5.16 Å². The minimum atomic E-state index is -0.502. The minimum absolute atomic E-state index is 0.337. The number of tetrazole rings is 1. The fourth-order valence-electron chi connectivity index (χ4n) is 1.82. The zero-order valence-corrected chi connectivity index (χ0v) is 13.2. The Hall–Kier alpha value is -2.13. The summed E-state index contributed by atoms with van der Waals surface area (Å²) in [5, 5.41) is 15.4. The van der Waals surface area contributed by atoms with Gasteiger partial charge in [0.15, 0.2) is 0 Å². The topological polar surface area (TPSA) is 83.0 Å². The number of carbonyl (C=O) groups is 1. The summed E-state index contributed by atoms with van der Waals surface area (Å²) in [5.74, 6) is 0.398. The van der Waals surface area contributed by atoms with Gasteiger partial charge in [-0.05, 0) is 44.9 Å². The van der Waals surface area contributed by atoms with Gasteiger partial charge in [-0.1, -0.05) is 11.8 Å². The van der Waals surface area contributed by atoms with Crippen molar-refractivity contribution in [2.24, 2.45) is 0 Å². The van der Waals surface area contributed by atoms with Crippen molar-refractivity contribution in [3.8, 4) is 0 Å². The Morgan fingerprint density at radius 2 is 2.45 bits per heavy atom. The first-order chi connectivity index (χ1) is 10.8. The molecule has 9 heteroatoms. The highest BCUT2D eigenvalue weighted by Crippen LogP contribution is 2.35. The molecular weight excluding hydrogens is 324 g/mol. The molecule has 3 aromatic rings. The minimum Gasteiger partial charge on any atom is -0.468 e. The summed E-state index contributed by atoms with van der Waals surface area (Å²) < 4.78 is 11.8. The number of hydrogen-bond acceptors (Lipinski definition) is 8. The second kappa shape index (κ2) is 6.75. The van der Waals surface area contributed by atoms with Gasteiger partial charge in [0.25, 0.3) is 0 Å². The quantitative estimate of drug-likeness (QED) is 0.505. The van der Waals surface area contributed by atoms with Crippen LogP contribution in [0.4, 0.5) is 0 Å². The van der Waals surface area contributed by atoms with Gasteiger partial charge in [-0.15, -0.1) is 5.10 Å². The summed E-state index contributed by atoms with van der Waals surface area (Å²) in [7, 11) is 1.37. The van der Waals surface area contributed by atoms with Crippen molar-refractivity contribution >= 4 is 29.1 Å². The van der Waals surface area contributed by atoms with E-state index in [-0.39, 0.29) is 5.97 Å². The number of hydrogen-bond donors (Lipinski definition) is 0. The van der Waals surface area contributed by atoms with E-state index in [1.165, 1.54) is 30.2 Å². The summed E-state index contributed by atoms with van der Waals surface area (Å²) in [6.07, 6.45) is 1.59. The zero-order valence-electron chi connectivity index (χ0n) is 11.6. The van der Waals surface area contributed by atoms with Gasteiger partial charge in [0, 0.05) is 0 Å². The Morgan fingerprint density at radius 1 is 1.55 bits per heavy atom. The molecule has 0 fully saturated rings. The maximum absolute atomic E-state index is 12.0. The van der Waals surface area contributed by atoms with Crippen LogP contribution in [0.25, 0.3) is 0 Å². The van der Waals surface area contributed by atoms with Gasteiger partial charge in [-0.25, -0.2) is 4.68 Å². The fraction of sp³-hybridized carbons (Fsp3) is 0.231. The first-order valence-electron chi connectivity index (χ1n) is 6.33. The van der Waals surface area contributed by atoms with E-state index < -0.39 is 5.25 Å². The third kappa shape index (κ3) is 3.20. The van der Waals surface area contributed by atoms with Crippen LogP contribution in [-0.4, -0.2) is 33.3 Å². The van der Waals surface area contributed by atoms with E-state index in [0.29, 0.717) is 11.7 Å². The Kier molecular flexibility index (Phi) is 4.54. The second-order valence-corrected chi connectivity index (χ2v) is 6.13. The lowest BCUT2D eigenvalue weighted by Gasteiger charge is -2.12. The average molecular weight is 336 g/mol. The Bertz CT molecular complexity index is 724. The van der Waals surface area contributed by atoms with E-state index in [2.05, 4.69) is 15.5 Å². The first kappa shape index (κ1) is 14.8. The van der Waals surface area contributed by atoms with Crippen molar-refractivity contribution in [2.75, 3.05) is 7.11 Å². The second-order valence-electron chi connectivity index (χ2n) is 4.28. The normalized spacial score (nSPS) is 12.2. The molecule has 3 heterocycles. The third-order valence-electron chi connectivity index (χ3n) is 2.87. The predicted octanol–water partition coefficient (Wildman–Crippen LogP) is 2.38. The summed E-state index contributed by atoms with van der Waals surface area (Å²) in [5.41, 5.74) is 0.870. The average Bonchev–Trinajstić information content (AvgIpc) is 3.27. The van der Waals surface area contributed by atoms with Crippen LogP contribution in [-0.2, 0) is 16.1 Å². The number of aromatic nitrogens is 4. The van der Waals surface area contributed by atoms with Gasteiger partial charge in [-0.3, -0.25) is 4.79 Å². The van der Waals surface area contributed by atoms with E-state index in [4.69, 9.17) is 9.15 Å². The van der Waals surface area contributed by atoms with Crippen molar-refractivity contribution in [3.05, 3.63) is 46.5 Å². The van der Waals surface area contributed by atoms with Crippen molar-refractivity contribution < 1.29 is 13.9 Å². The molecule has 0 aliphatic carbocycles. The van der Waals surface area contributed by atoms with Crippen molar-refractivity contribution in [1.29, 1.82) is 0 Å². The molecule has 0 spiro atoms. The molecular formula is C13H12N4O3S2. The Labute approximate surface area is 134 Å². The number of carbonyl (C=O) groups excluding carboxylic acids is 1. The fourth-order valence-corrected chi connectivity index (χ4v) is 3.58. The number of nitrogens with zero attached hydrogens (tertiary/aromatic N) is 4. The number of thioether (sulfide) groups is 1. The summed E-state index contributed by atoms with van der Waals surface area (Å²) >= 11 is 2.77. The molecule has 1 atom stereocenters. The molecule has 0 amide bonds. The number of thiophene rings is 1. The lowest BCUT2D eigenvalue weighted by Crippen LogP contribution is -2.12. The molecule has 0 aliphatic heterocycles. The highest BCUT2D eigenvalue weighted by Gasteiger charge is 2.26. The number of rotatable bonds is 6. The number of ether oxygens (including phenoxy) is 1. The van der Waals surface area contributed by atoms with E-state index in [1.807, 2.05) is 22.9 Å². The lowest BCUT2D eigenvalue weighted by atomic mass is 10.2. The standard InChI is InChI=1S/C13H12N4O3S2/c1-19-12(18)11(9-4-6-21-8-9)22-13-14-15-16-17(13)7-10-3-2-5-20-10/h2-6,8,11H,7H2,1H3/t11-/m1/s1. The van der Waals surface area contributed by atoms with E-state index >= 15 is 0 Å². The van der Waals surface area contributed by atoms with Gasteiger partial charge in [0.1, 0.15) is 17.6 Å². The van der Waals surface area contributed by atoms with E-state index in [1.54, 1.807) is 17.0 Å². The van der Waals surface area contributed by atoms with Crippen LogP contribution in [0, 0.1) is 0 Å². The van der Waals surface area contributed by atoms with Gasteiger partial charge in [-0.2, -0.15) is 11.3 Å². The van der Waals surface area contributed by atoms with Crippen molar-refractivity contribution in [3.63, 3.8) is 0 Å². The van der Waals surface area contributed by atoms with Crippen LogP contribution in [0.2, 0.25) is 0 Å². The van der Waals surface area contributed by atoms with Crippen molar-refractivity contribution in [1.82, 2.24) is 20.2 Å². The molecule has 0 aliphatic rings. The molecule has 3 aromatic heterocycles. The Balaban J connectivity index is 1.81. The SMILES string of the molecule is COC(=O)[C@H](Sc1nnnn1Cc1ccco1)c1ccsc1. The molecule has 0 unspecified atom stereocenters. The van der Waals surface area contributed by atoms with E-state index in [9.17, 15) is 4.79 Å². The molecule has 0 bridgehead atoms. The summed E-state index contributed by atoms with van der Waals surface area (Å²) in [4.78, 5) is 12.0. The van der Waals surface area contributed by atoms with Crippen LogP contribution in [0.3, 0.4) is 0 Å². The molecule has 114 valence electrons. The highest BCUT2D eigenvalue weighted by molar-refractivity contribution is 8.00. The maximum atomic E-state index is 12.0. The maximum Gasteiger partial charge on any atom is 0.323 e. The lowest BCUT2D eigenvalue weighted by molar-refractivity contribution is -0.140. The number of methoxy groups -OCH3 is 1. The van der Waals surface area contributed by atoms with Crippen molar-refractivity contribution in [2.45, 2.75) is 17.0 Å². The molecule has 0 saturated carbocycles. The smallest absolute Gasteiger partial charge is 0.323 e. The highest BCUT2D eigenvalue weighted by atomic mass is 32.2. The van der Waals surface area contributed by atoms with Gasteiger partial charge >= 0.3 is 5.97 Å². The molecule has 3 rings (SSSR count). The third-order valence-corrected chi connectivity index (χ3v) is 4.77. The van der Waals surface area contributed by atoms with Crippen LogP contribution in [0.15, 0.2) is 44.8 Å². The van der Waals surface area contributed by atoms with Crippen LogP contribution in [0.1, 0.15) is 16.6 Å². The predicted molar refractivity (Wildman–Crippen MR) is 80.6 cm³/mol. The van der Waals surface area contributed by atoms with Gasteiger partial charge < -0.3 is 9.15 Å². The van der Waals surface area contributed by atoms with Crippen LogP contribution >= 0.6 is 23.1 Å². The monoisotopic (exact) mass is 336 g/mol. The number of esters is 1. The molecule has 0 saturated heterocycles. The molecule has 22 heavy (non-hydrogen) atoms. The van der Waals surface area contributed by atoms with E-state index in [0.717, 1.165) is 11.3 Å². The number of furan rings is 1. The molecule has 7 nitrogen and oxygen atoms in total. The van der Waals surface area contributed by atoms with Crippen LogP contribution in [0.5, 0.6) is 0 Å². The molecule has 0 aromatic carbocycles. The Morgan fingerprint density at radius 3 is 3.14 bits per heavy atom. The summed E-state index contributed by atoms with van der Waals surface area (Å²) in [6.45, 7) is 0.403. The van der Waals surface area contributed by atoms with Crippen LogP contribution < -0.4 is 0 Å². The summed E-state index contributed by atoms with van der Waals surface area (Å²) in [6, 6.07) is 5.53. The largest absolute Gasteiger partial charge is 0.468 e. The zero-order chi connectivity index (χ0) is 15.4. The first-order valence-corrected chi connectivity index (χ1v) is 8.15.